The molecule has 3 rings (SSSR count). The monoisotopic (exact) mass is 306 g/mol. The van der Waals surface area contributed by atoms with Crippen molar-refractivity contribution in [1.82, 2.24) is 15.0 Å². The number of halogens is 1. The van der Waals surface area contributed by atoms with Crippen LogP contribution in [0.4, 0.5) is 23.5 Å². The van der Waals surface area contributed by atoms with Crippen molar-refractivity contribution >= 4 is 35.1 Å². The zero-order valence-corrected chi connectivity index (χ0v) is 12.0. The average molecular weight is 307 g/mol. The molecule has 1 fully saturated rings. The van der Waals surface area contributed by atoms with Gasteiger partial charge < -0.3 is 20.7 Å². The van der Waals surface area contributed by atoms with Gasteiger partial charge in [-0.05, 0) is 24.3 Å². The van der Waals surface area contributed by atoms with E-state index >= 15 is 0 Å². The summed E-state index contributed by atoms with van der Waals surface area (Å²) in [7, 11) is 0. The number of hydrogen-bond donors (Lipinski definition) is 2. The summed E-state index contributed by atoms with van der Waals surface area (Å²) in [6.07, 6.45) is 0. The number of morpholine rings is 1. The van der Waals surface area contributed by atoms with Gasteiger partial charge in [0.05, 0.1) is 13.2 Å². The molecule has 0 atom stereocenters. The molecule has 2 heterocycles. The maximum absolute atomic E-state index is 5.86. The Morgan fingerprint density at radius 3 is 2.52 bits per heavy atom. The first-order valence-corrected chi connectivity index (χ1v) is 6.95. The van der Waals surface area contributed by atoms with E-state index in [1.165, 1.54) is 0 Å². The second-order valence-electron chi connectivity index (χ2n) is 4.55. The Morgan fingerprint density at radius 2 is 1.81 bits per heavy atom. The van der Waals surface area contributed by atoms with Crippen LogP contribution in [-0.2, 0) is 4.74 Å². The van der Waals surface area contributed by atoms with Gasteiger partial charge in [0.15, 0.2) is 0 Å². The molecule has 0 spiro atoms. The number of hydrogen-bond acceptors (Lipinski definition) is 7. The van der Waals surface area contributed by atoms with E-state index in [0.717, 1.165) is 18.8 Å². The minimum absolute atomic E-state index is 0.183. The number of benzene rings is 1. The molecule has 0 saturated carbocycles. The Labute approximate surface area is 127 Å². The van der Waals surface area contributed by atoms with Crippen molar-refractivity contribution in [2.45, 2.75) is 0 Å². The summed E-state index contributed by atoms with van der Waals surface area (Å²) < 4.78 is 5.32. The van der Waals surface area contributed by atoms with Crippen LogP contribution in [0.5, 0.6) is 0 Å². The molecular weight excluding hydrogens is 292 g/mol. The second-order valence-corrected chi connectivity index (χ2v) is 4.98. The number of anilines is 4. The summed E-state index contributed by atoms with van der Waals surface area (Å²) in [5.41, 5.74) is 6.59. The van der Waals surface area contributed by atoms with E-state index in [-0.39, 0.29) is 5.95 Å². The standard InChI is InChI=1S/C13H15ClN6O/c14-9-1-3-10(4-2-9)16-12-17-11(15)18-13(19-12)20-5-7-21-8-6-20/h1-4H,5-8H2,(H3,15,16,17,18,19). The Bertz CT molecular complexity index is 615. The number of aromatic nitrogens is 3. The maximum Gasteiger partial charge on any atom is 0.233 e. The minimum Gasteiger partial charge on any atom is -0.378 e. The van der Waals surface area contributed by atoms with Crippen LogP contribution in [-0.4, -0.2) is 41.3 Å². The molecule has 7 nitrogen and oxygen atoms in total. The molecule has 3 N–H and O–H groups in total. The van der Waals surface area contributed by atoms with Crippen LogP contribution in [0.15, 0.2) is 24.3 Å². The highest BCUT2D eigenvalue weighted by atomic mass is 35.5. The van der Waals surface area contributed by atoms with E-state index in [1.54, 1.807) is 12.1 Å². The lowest BCUT2D eigenvalue weighted by atomic mass is 10.3. The Kier molecular flexibility index (Phi) is 4.03. The van der Waals surface area contributed by atoms with Gasteiger partial charge in [-0.25, -0.2) is 0 Å². The lowest BCUT2D eigenvalue weighted by Gasteiger charge is -2.26. The number of rotatable bonds is 3. The first-order chi connectivity index (χ1) is 10.2. The molecule has 0 amide bonds. The molecule has 1 aliphatic rings. The smallest absolute Gasteiger partial charge is 0.233 e. The molecule has 1 aromatic carbocycles. The lowest BCUT2D eigenvalue weighted by molar-refractivity contribution is 0.122. The van der Waals surface area contributed by atoms with E-state index in [2.05, 4.69) is 20.3 Å². The third kappa shape index (κ3) is 3.50. The Hall–Kier alpha value is -2.12. The number of nitrogens with zero attached hydrogens (tertiary/aromatic N) is 4. The fourth-order valence-electron chi connectivity index (χ4n) is 2.00. The second kappa shape index (κ2) is 6.11. The lowest BCUT2D eigenvalue weighted by Crippen LogP contribution is -2.37. The molecule has 21 heavy (non-hydrogen) atoms. The molecule has 1 aromatic heterocycles. The summed E-state index contributed by atoms with van der Waals surface area (Å²) >= 11 is 5.86. The van der Waals surface area contributed by atoms with Crippen LogP contribution in [0.25, 0.3) is 0 Å². The van der Waals surface area contributed by atoms with Crippen LogP contribution >= 0.6 is 11.6 Å². The largest absolute Gasteiger partial charge is 0.378 e. The predicted octanol–water partition coefficient (Wildman–Crippen LogP) is 1.69. The topological polar surface area (TPSA) is 89.2 Å². The van der Waals surface area contributed by atoms with E-state index in [1.807, 2.05) is 17.0 Å². The van der Waals surface area contributed by atoms with Gasteiger partial charge in [-0.1, -0.05) is 11.6 Å². The number of nitrogen functional groups attached to an aromatic ring is 1. The van der Waals surface area contributed by atoms with Crippen molar-refractivity contribution < 1.29 is 4.74 Å². The van der Waals surface area contributed by atoms with Crippen molar-refractivity contribution in [2.24, 2.45) is 0 Å². The van der Waals surface area contributed by atoms with E-state index in [9.17, 15) is 0 Å². The van der Waals surface area contributed by atoms with Crippen LogP contribution in [0.3, 0.4) is 0 Å². The van der Waals surface area contributed by atoms with Crippen molar-refractivity contribution in [3.63, 3.8) is 0 Å². The first-order valence-electron chi connectivity index (χ1n) is 6.57. The van der Waals surface area contributed by atoms with E-state index < -0.39 is 0 Å². The van der Waals surface area contributed by atoms with Crippen LogP contribution in [0.2, 0.25) is 5.02 Å². The summed E-state index contributed by atoms with van der Waals surface area (Å²) in [5, 5.41) is 3.76. The van der Waals surface area contributed by atoms with Crippen LogP contribution in [0, 0.1) is 0 Å². The third-order valence-corrected chi connectivity index (χ3v) is 3.29. The van der Waals surface area contributed by atoms with Gasteiger partial charge in [0, 0.05) is 23.8 Å². The molecule has 0 unspecified atom stereocenters. The fourth-order valence-corrected chi connectivity index (χ4v) is 2.13. The molecule has 0 radical (unpaired) electrons. The molecule has 110 valence electrons. The Balaban J connectivity index is 1.81. The maximum atomic E-state index is 5.86. The molecule has 8 heteroatoms. The highest BCUT2D eigenvalue weighted by molar-refractivity contribution is 6.30. The summed E-state index contributed by atoms with van der Waals surface area (Å²) in [6, 6.07) is 7.27. The van der Waals surface area contributed by atoms with Crippen molar-refractivity contribution in [3.05, 3.63) is 29.3 Å². The molecule has 1 saturated heterocycles. The molecule has 0 bridgehead atoms. The van der Waals surface area contributed by atoms with Crippen molar-refractivity contribution in [2.75, 3.05) is 42.3 Å². The van der Waals surface area contributed by atoms with Gasteiger partial charge in [-0.2, -0.15) is 15.0 Å². The number of ether oxygens (including phenoxy) is 1. The number of nitrogens with two attached hydrogens (primary N) is 1. The zero-order chi connectivity index (χ0) is 14.7. The third-order valence-electron chi connectivity index (χ3n) is 3.04. The predicted molar refractivity (Wildman–Crippen MR) is 82.0 cm³/mol. The van der Waals surface area contributed by atoms with Gasteiger partial charge in [0.2, 0.25) is 17.8 Å². The normalized spacial score (nSPS) is 15.0. The van der Waals surface area contributed by atoms with Gasteiger partial charge >= 0.3 is 0 Å². The first kappa shape index (κ1) is 13.8. The quantitative estimate of drug-likeness (QED) is 0.891. The zero-order valence-electron chi connectivity index (χ0n) is 11.3. The molecule has 0 aliphatic carbocycles. The number of nitrogens with one attached hydrogen (secondary N) is 1. The highest BCUT2D eigenvalue weighted by Gasteiger charge is 2.15. The summed E-state index contributed by atoms with van der Waals surface area (Å²) in [4.78, 5) is 14.7. The van der Waals surface area contributed by atoms with Crippen molar-refractivity contribution in [3.8, 4) is 0 Å². The van der Waals surface area contributed by atoms with Gasteiger partial charge in [-0.3, -0.25) is 0 Å². The van der Waals surface area contributed by atoms with E-state index in [0.29, 0.717) is 30.1 Å². The SMILES string of the molecule is Nc1nc(Nc2ccc(Cl)cc2)nc(N2CCOCC2)n1. The molecule has 1 aliphatic heterocycles. The van der Waals surface area contributed by atoms with Crippen molar-refractivity contribution in [1.29, 1.82) is 0 Å². The minimum atomic E-state index is 0.183. The molecular formula is C13H15ClN6O. The van der Waals surface area contributed by atoms with E-state index in [4.69, 9.17) is 22.1 Å². The van der Waals surface area contributed by atoms with Crippen LogP contribution in [0.1, 0.15) is 0 Å². The van der Waals surface area contributed by atoms with Gasteiger partial charge in [0.1, 0.15) is 0 Å². The average Bonchev–Trinajstić information content (AvgIpc) is 2.50. The van der Waals surface area contributed by atoms with Crippen LogP contribution < -0.4 is 16.0 Å². The summed E-state index contributed by atoms with van der Waals surface area (Å²) in [6.45, 7) is 2.80. The highest BCUT2D eigenvalue weighted by Crippen LogP contribution is 2.19. The Morgan fingerprint density at radius 1 is 1.10 bits per heavy atom. The molecule has 2 aromatic rings. The van der Waals surface area contributed by atoms with Gasteiger partial charge in [-0.15, -0.1) is 0 Å². The fraction of sp³-hybridized carbons (Fsp3) is 0.308. The summed E-state index contributed by atoms with van der Waals surface area (Å²) in [5.74, 6) is 1.15. The van der Waals surface area contributed by atoms with Gasteiger partial charge in [0.25, 0.3) is 0 Å².